The van der Waals surface area contributed by atoms with Gasteiger partial charge < -0.3 is 4.90 Å². The lowest BCUT2D eigenvalue weighted by Crippen LogP contribution is -2.26. The molecule has 104 valence electrons. The predicted molar refractivity (Wildman–Crippen MR) is 78.2 cm³/mol. The van der Waals surface area contributed by atoms with Crippen molar-refractivity contribution in [1.29, 1.82) is 0 Å². The second-order valence-electron chi connectivity index (χ2n) is 4.22. The van der Waals surface area contributed by atoms with Gasteiger partial charge >= 0.3 is 0 Å². The number of halogens is 1. The van der Waals surface area contributed by atoms with Crippen LogP contribution in [-0.4, -0.2) is 22.8 Å². The van der Waals surface area contributed by atoms with E-state index in [-0.39, 0.29) is 22.2 Å². The summed E-state index contributed by atoms with van der Waals surface area (Å²) in [4.78, 5) is 24.0. The minimum absolute atomic E-state index is 0.0204. The van der Waals surface area contributed by atoms with Gasteiger partial charge in [0.15, 0.2) is 0 Å². The highest BCUT2D eigenvalue weighted by Gasteiger charge is 2.18. The fourth-order valence-corrected chi connectivity index (χ4v) is 2.58. The van der Waals surface area contributed by atoms with Crippen LogP contribution in [0.15, 0.2) is 35.0 Å². The zero-order chi connectivity index (χ0) is 14.7. The summed E-state index contributed by atoms with van der Waals surface area (Å²) in [6, 6.07) is 5.99. The molecule has 0 aliphatic heterocycles. The van der Waals surface area contributed by atoms with Crippen LogP contribution in [0.4, 0.5) is 5.69 Å². The van der Waals surface area contributed by atoms with Gasteiger partial charge in [0.25, 0.3) is 11.6 Å². The number of thiophene rings is 1. The van der Waals surface area contributed by atoms with Crippen LogP contribution in [0.1, 0.15) is 15.9 Å². The van der Waals surface area contributed by atoms with Gasteiger partial charge in [0.1, 0.15) is 5.02 Å². The molecule has 0 atom stereocenters. The summed E-state index contributed by atoms with van der Waals surface area (Å²) < 4.78 is 0. The van der Waals surface area contributed by atoms with Gasteiger partial charge in [-0.15, -0.1) is 0 Å². The third-order valence-electron chi connectivity index (χ3n) is 2.74. The fourth-order valence-electron chi connectivity index (χ4n) is 1.73. The minimum Gasteiger partial charge on any atom is -0.337 e. The first-order valence-corrected chi connectivity index (χ1v) is 7.01. The minimum atomic E-state index is -0.599. The Bertz CT molecular complexity index is 643. The molecule has 0 aliphatic rings. The molecule has 1 amide bonds. The second-order valence-corrected chi connectivity index (χ2v) is 5.40. The smallest absolute Gasteiger partial charge is 0.288 e. The van der Waals surface area contributed by atoms with E-state index >= 15 is 0 Å². The van der Waals surface area contributed by atoms with Gasteiger partial charge in [-0.1, -0.05) is 11.6 Å². The number of rotatable bonds is 4. The average molecular weight is 311 g/mol. The molecule has 0 N–H and O–H groups in total. The molecular weight excluding hydrogens is 300 g/mol. The summed E-state index contributed by atoms with van der Waals surface area (Å²) in [6.07, 6.45) is 0. The van der Waals surface area contributed by atoms with Gasteiger partial charge in [0, 0.05) is 25.2 Å². The lowest BCUT2D eigenvalue weighted by molar-refractivity contribution is -0.384. The number of carbonyl (C=O) groups is 1. The van der Waals surface area contributed by atoms with Crippen LogP contribution < -0.4 is 0 Å². The van der Waals surface area contributed by atoms with Crippen molar-refractivity contribution in [3.05, 3.63) is 61.3 Å². The Morgan fingerprint density at radius 1 is 1.45 bits per heavy atom. The average Bonchev–Trinajstić information content (AvgIpc) is 2.91. The van der Waals surface area contributed by atoms with Crippen LogP contribution >= 0.6 is 22.9 Å². The number of benzene rings is 1. The number of amides is 1. The van der Waals surface area contributed by atoms with Crippen LogP contribution in [0.3, 0.4) is 0 Å². The molecule has 0 radical (unpaired) electrons. The van der Waals surface area contributed by atoms with E-state index in [2.05, 4.69) is 0 Å². The zero-order valence-corrected chi connectivity index (χ0v) is 12.1. The lowest BCUT2D eigenvalue weighted by atomic mass is 10.1. The number of carbonyl (C=O) groups excluding carboxylic acids is 1. The molecular formula is C13H11ClN2O3S. The van der Waals surface area contributed by atoms with E-state index < -0.39 is 4.92 Å². The largest absolute Gasteiger partial charge is 0.337 e. The maximum Gasteiger partial charge on any atom is 0.288 e. The Balaban J connectivity index is 2.20. The maximum atomic E-state index is 12.2. The Morgan fingerprint density at radius 2 is 2.20 bits per heavy atom. The summed E-state index contributed by atoms with van der Waals surface area (Å²) in [5, 5.41) is 14.7. The molecule has 0 saturated heterocycles. The van der Waals surface area contributed by atoms with Crippen molar-refractivity contribution in [2.24, 2.45) is 0 Å². The molecule has 0 spiro atoms. The molecule has 0 unspecified atom stereocenters. The number of hydrogen-bond donors (Lipinski definition) is 0. The summed E-state index contributed by atoms with van der Waals surface area (Å²) in [7, 11) is 1.65. The van der Waals surface area contributed by atoms with Crippen LogP contribution in [0.25, 0.3) is 0 Å². The monoisotopic (exact) mass is 310 g/mol. The normalized spacial score (nSPS) is 10.3. The van der Waals surface area contributed by atoms with E-state index in [0.717, 1.165) is 5.56 Å². The van der Waals surface area contributed by atoms with Crippen molar-refractivity contribution in [3.8, 4) is 0 Å². The fraction of sp³-hybridized carbons (Fsp3) is 0.154. The van der Waals surface area contributed by atoms with Crippen molar-refractivity contribution in [2.75, 3.05) is 7.05 Å². The first-order chi connectivity index (χ1) is 9.49. The summed E-state index contributed by atoms with van der Waals surface area (Å²) in [5.41, 5.74) is 1.01. The topological polar surface area (TPSA) is 63.5 Å². The van der Waals surface area contributed by atoms with Crippen molar-refractivity contribution < 1.29 is 9.72 Å². The molecule has 7 heteroatoms. The zero-order valence-electron chi connectivity index (χ0n) is 10.6. The molecule has 1 heterocycles. The molecule has 0 bridgehead atoms. The standard InChI is InChI=1S/C13H11ClN2O3S/c1-15(7-9-4-5-20-8-9)13(17)10-2-3-11(14)12(6-10)16(18)19/h2-6,8H,7H2,1H3. The molecule has 2 aromatic rings. The van der Waals surface area contributed by atoms with Crippen LogP contribution in [0.2, 0.25) is 5.02 Å². The highest BCUT2D eigenvalue weighted by atomic mass is 35.5. The third kappa shape index (κ3) is 3.15. The molecule has 0 aliphatic carbocycles. The summed E-state index contributed by atoms with van der Waals surface area (Å²) in [5.74, 6) is -0.282. The van der Waals surface area contributed by atoms with Crippen molar-refractivity contribution in [1.82, 2.24) is 4.90 Å². The third-order valence-corrected chi connectivity index (χ3v) is 3.79. The van der Waals surface area contributed by atoms with Gasteiger partial charge in [0.2, 0.25) is 0 Å². The van der Waals surface area contributed by atoms with Gasteiger partial charge in [-0.2, -0.15) is 11.3 Å². The Kier molecular flexibility index (Phi) is 4.36. The maximum absolute atomic E-state index is 12.2. The van der Waals surface area contributed by atoms with E-state index in [1.807, 2.05) is 16.8 Å². The van der Waals surface area contributed by atoms with E-state index in [1.165, 1.54) is 23.1 Å². The Hall–Kier alpha value is -1.92. The van der Waals surface area contributed by atoms with Gasteiger partial charge in [-0.05, 0) is 34.5 Å². The van der Waals surface area contributed by atoms with Gasteiger partial charge in [0.05, 0.1) is 4.92 Å². The van der Waals surface area contributed by atoms with E-state index in [0.29, 0.717) is 6.54 Å². The highest BCUT2D eigenvalue weighted by molar-refractivity contribution is 7.07. The van der Waals surface area contributed by atoms with E-state index in [1.54, 1.807) is 18.4 Å². The molecule has 20 heavy (non-hydrogen) atoms. The molecule has 1 aromatic carbocycles. The number of nitro benzene ring substituents is 1. The summed E-state index contributed by atoms with van der Waals surface area (Å²) >= 11 is 7.28. The van der Waals surface area contributed by atoms with E-state index in [9.17, 15) is 14.9 Å². The van der Waals surface area contributed by atoms with Gasteiger partial charge in [-0.3, -0.25) is 14.9 Å². The Labute approximate surface area is 124 Å². The lowest BCUT2D eigenvalue weighted by Gasteiger charge is -2.16. The van der Waals surface area contributed by atoms with Crippen LogP contribution in [0.5, 0.6) is 0 Å². The Morgan fingerprint density at radius 3 is 2.80 bits per heavy atom. The number of nitro groups is 1. The van der Waals surface area contributed by atoms with Crippen molar-refractivity contribution in [2.45, 2.75) is 6.54 Å². The molecule has 2 rings (SSSR count). The molecule has 0 saturated carbocycles. The van der Waals surface area contributed by atoms with Crippen LogP contribution in [-0.2, 0) is 6.54 Å². The first-order valence-electron chi connectivity index (χ1n) is 5.69. The quantitative estimate of drug-likeness (QED) is 0.640. The van der Waals surface area contributed by atoms with Crippen molar-refractivity contribution >= 4 is 34.5 Å². The molecule has 5 nitrogen and oxygen atoms in total. The predicted octanol–water partition coefficient (Wildman–Crippen LogP) is 3.58. The number of hydrogen-bond acceptors (Lipinski definition) is 4. The second kappa shape index (κ2) is 6.02. The van der Waals surface area contributed by atoms with Gasteiger partial charge in [-0.25, -0.2) is 0 Å². The molecule has 1 aromatic heterocycles. The van der Waals surface area contributed by atoms with E-state index in [4.69, 9.17) is 11.6 Å². The first kappa shape index (κ1) is 14.5. The SMILES string of the molecule is CN(Cc1ccsc1)C(=O)c1ccc(Cl)c([N+](=O)[O-])c1. The highest BCUT2D eigenvalue weighted by Crippen LogP contribution is 2.25. The van der Waals surface area contributed by atoms with Crippen molar-refractivity contribution in [3.63, 3.8) is 0 Å². The number of nitrogens with zero attached hydrogens (tertiary/aromatic N) is 2. The van der Waals surface area contributed by atoms with Crippen LogP contribution in [0, 0.1) is 10.1 Å². The molecule has 0 fully saturated rings. The summed E-state index contributed by atoms with van der Waals surface area (Å²) in [6.45, 7) is 0.457.